The minimum absolute atomic E-state index is 0.0323. The maximum Gasteiger partial charge on any atom is 0.241 e. The Kier molecular flexibility index (Phi) is 3.96. The number of hydrogen-bond donors (Lipinski definition) is 2. The Bertz CT molecular complexity index is 586. The van der Waals surface area contributed by atoms with E-state index in [1.807, 2.05) is 4.90 Å². The van der Waals surface area contributed by atoms with Gasteiger partial charge in [-0.05, 0) is 12.8 Å². The van der Waals surface area contributed by atoms with Crippen LogP contribution in [0.2, 0.25) is 0 Å². The van der Waals surface area contributed by atoms with Gasteiger partial charge >= 0.3 is 0 Å². The standard InChI is InChI=1S/C13H19N7O/c14-11-16-12(19-7-5-15-9-19)18-13(17-11)20-6-3-1-2-4-10(20)8-21/h5,7,9-10,21H,1-4,6,8H2,(H2,14,16,17,18). The number of hydrogen-bond acceptors (Lipinski definition) is 7. The summed E-state index contributed by atoms with van der Waals surface area (Å²) in [6, 6.07) is 0.0323. The van der Waals surface area contributed by atoms with Gasteiger partial charge in [0.25, 0.3) is 0 Å². The van der Waals surface area contributed by atoms with E-state index in [9.17, 15) is 5.11 Å². The zero-order chi connectivity index (χ0) is 14.7. The SMILES string of the molecule is Nc1nc(N2CCCCCC2CO)nc(-n2ccnc2)n1. The minimum atomic E-state index is 0.0323. The molecule has 112 valence electrons. The Labute approximate surface area is 122 Å². The normalized spacial score (nSPS) is 19.5. The molecule has 0 spiro atoms. The van der Waals surface area contributed by atoms with Crippen molar-refractivity contribution in [3.63, 3.8) is 0 Å². The van der Waals surface area contributed by atoms with Crippen molar-refractivity contribution >= 4 is 11.9 Å². The molecule has 8 heteroatoms. The fourth-order valence-electron chi connectivity index (χ4n) is 2.62. The number of imidazole rings is 1. The number of nitrogens with two attached hydrogens (primary N) is 1. The van der Waals surface area contributed by atoms with Gasteiger partial charge in [-0.3, -0.25) is 4.57 Å². The van der Waals surface area contributed by atoms with Crippen molar-refractivity contribution in [3.05, 3.63) is 18.7 Å². The lowest BCUT2D eigenvalue weighted by atomic mass is 10.1. The average Bonchev–Trinajstić information content (AvgIpc) is 2.91. The van der Waals surface area contributed by atoms with Gasteiger partial charge in [-0.1, -0.05) is 12.8 Å². The first-order valence-corrected chi connectivity index (χ1v) is 7.15. The molecular weight excluding hydrogens is 270 g/mol. The second-order valence-electron chi connectivity index (χ2n) is 5.14. The molecule has 0 aromatic carbocycles. The predicted molar refractivity (Wildman–Crippen MR) is 78.0 cm³/mol. The smallest absolute Gasteiger partial charge is 0.241 e. The molecule has 21 heavy (non-hydrogen) atoms. The quantitative estimate of drug-likeness (QED) is 0.841. The van der Waals surface area contributed by atoms with Gasteiger partial charge < -0.3 is 15.7 Å². The van der Waals surface area contributed by atoms with Gasteiger partial charge in [0.05, 0.1) is 12.6 Å². The number of anilines is 2. The van der Waals surface area contributed by atoms with Crippen LogP contribution in [0.25, 0.3) is 5.95 Å². The third-order valence-electron chi connectivity index (χ3n) is 3.71. The van der Waals surface area contributed by atoms with Crippen molar-refractivity contribution in [1.82, 2.24) is 24.5 Å². The number of aromatic nitrogens is 5. The van der Waals surface area contributed by atoms with Crippen LogP contribution in [0.3, 0.4) is 0 Å². The summed E-state index contributed by atoms with van der Waals surface area (Å²) in [5.41, 5.74) is 5.81. The fourth-order valence-corrected chi connectivity index (χ4v) is 2.62. The molecule has 1 aliphatic rings. The van der Waals surface area contributed by atoms with Crippen molar-refractivity contribution in [2.45, 2.75) is 31.7 Å². The van der Waals surface area contributed by atoms with E-state index in [4.69, 9.17) is 5.73 Å². The summed E-state index contributed by atoms with van der Waals surface area (Å²) in [6.07, 6.45) is 9.28. The molecule has 0 amide bonds. The first kappa shape index (κ1) is 13.7. The molecule has 3 N–H and O–H groups in total. The molecule has 3 rings (SSSR count). The van der Waals surface area contributed by atoms with Crippen molar-refractivity contribution in [3.8, 4) is 5.95 Å². The highest BCUT2D eigenvalue weighted by Crippen LogP contribution is 2.22. The molecule has 0 radical (unpaired) electrons. The first-order chi connectivity index (χ1) is 10.3. The van der Waals surface area contributed by atoms with Crippen LogP contribution in [0, 0.1) is 0 Å². The summed E-state index contributed by atoms with van der Waals surface area (Å²) < 4.78 is 1.69. The number of nitrogen functional groups attached to an aromatic ring is 1. The van der Waals surface area contributed by atoms with E-state index in [1.54, 1.807) is 23.3 Å². The number of aliphatic hydroxyl groups is 1. The molecular formula is C13H19N7O. The second kappa shape index (κ2) is 6.04. The van der Waals surface area contributed by atoms with E-state index in [0.29, 0.717) is 11.9 Å². The van der Waals surface area contributed by atoms with Gasteiger partial charge in [0, 0.05) is 18.9 Å². The van der Waals surface area contributed by atoms with Crippen molar-refractivity contribution < 1.29 is 5.11 Å². The zero-order valence-corrected chi connectivity index (χ0v) is 11.8. The van der Waals surface area contributed by atoms with Gasteiger partial charge in [0.2, 0.25) is 17.8 Å². The Balaban J connectivity index is 1.96. The molecule has 1 unspecified atom stereocenters. The average molecular weight is 289 g/mol. The van der Waals surface area contributed by atoms with Gasteiger partial charge in [-0.15, -0.1) is 0 Å². The van der Waals surface area contributed by atoms with Crippen molar-refractivity contribution in [2.75, 3.05) is 23.8 Å². The van der Waals surface area contributed by atoms with E-state index in [0.717, 1.165) is 32.2 Å². The van der Waals surface area contributed by atoms with E-state index < -0.39 is 0 Å². The Morgan fingerprint density at radius 3 is 2.81 bits per heavy atom. The maximum absolute atomic E-state index is 9.61. The van der Waals surface area contributed by atoms with Crippen LogP contribution in [-0.2, 0) is 0 Å². The topological polar surface area (TPSA) is 106 Å². The molecule has 0 aliphatic carbocycles. The van der Waals surface area contributed by atoms with Gasteiger partial charge in [0.15, 0.2) is 0 Å². The Morgan fingerprint density at radius 2 is 2.05 bits per heavy atom. The third kappa shape index (κ3) is 2.94. The summed E-state index contributed by atoms with van der Waals surface area (Å²) in [5.74, 6) is 1.13. The summed E-state index contributed by atoms with van der Waals surface area (Å²) in [4.78, 5) is 18.9. The fraction of sp³-hybridized carbons (Fsp3) is 0.538. The lowest BCUT2D eigenvalue weighted by molar-refractivity contribution is 0.254. The summed E-state index contributed by atoms with van der Waals surface area (Å²) in [7, 11) is 0. The van der Waals surface area contributed by atoms with E-state index in [2.05, 4.69) is 19.9 Å². The van der Waals surface area contributed by atoms with Crippen molar-refractivity contribution in [1.29, 1.82) is 0 Å². The molecule has 1 fully saturated rings. The molecule has 1 saturated heterocycles. The van der Waals surface area contributed by atoms with Crippen LogP contribution in [0.15, 0.2) is 18.7 Å². The molecule has 3 heterocycles. The Morgan fingerprint density at radius 1 is 1.19 bits per heavy atom. The van der Waals surface area contributed by atoms with E-state index >= 15 is 0 Å². The molecule has 1 atom stereocenters. The van der Waals surface area contributed by atoms with Gasteiger partial charge in [0.1, 0.15) is 6.33 Å². The van der Waals surface area contributed by atoms with Crippen LogP contribution in [0.4, 0.5) is 11.9 Å². The predicted octanol–water partition coefficient (Wildman–Crippen LogP) is 0.381. The minimum Gasteiger partial charge on any atom is -0.394 e. The van der Waals surface area contributed by atoms with E-state index in [-0.39, 0.29) is 18.6 Å². The second-order valence-corrected chi connectivity index (χ2v) is 5.14. The maximum atomic E-state index is 9.61. The molecule has 0 saturated carbocycles. The van der Waals surface area contributed by atoms with Crippen molar-refractivity contribution in [2.24, 2.45) is 0 Å². The van der Waals surface area contributed by atoms with Crippen LogP contribution < -0.4 is 10.6 Å². The number of nitrogens with zero attached hydrogens (tertiary/aromatic N) is 6. The van der Waals surface area contributed by atoms with Crippen LogP contribution >= 0.6 is 0 Å². The lowest BCUT2D eigenvalue weighted by Gasteiger charge is -2.28. The Hall–Kier alpha value is -2.22. The van der Waals surface area contributed by atoms with Gasteiger partial charge in [-0.25, -0.2) is 4.98 Å². The molecule has 1 aliphatic heterocycles. The summed E-state index contributed by atoms with van der Waals surface area (Å²) in [5, 5.41) is 9.61. The monoisotopic (exact) mass is 289 g/mol. The zero-order valence-electron chi connectivity index (χ0n) is 11.8. The summed E-state index contributed by atoms with van der Waals surface area (Å²) >= 11 is 0. The molecule has 0 bridgehead atoms. The highest BCUT2D eigenvalue weighted by Gasteiger charge is 2.23. The third-order valence-corrected chi connectivity index (χ3v) is 3.71. The number of rotatable bonds is 3. The summed E-state index contributed by atoms with van der Waals surface area (Å²) in [6.45, 7) is 0.907. The molecule has 8 nitrogen and oxygen atoms in total. The van der Waals surface area contributed by atoms with E-state index in [1.165, 1.54) is 0 Å². The largest absolute Gasteiger partial charge is 0.394 e. The number of aliphatic hydroxyl groups excluding tert-OH is 1. The first-order valence-electron chi connectivity index (χ1n) is 7.15. The molecule has 2 aromatic heterocycles. The van der Waals surface area contributed by atoms with Crippen LogP contribution in [-0.4, -0.2) is 48.8 Å². The highest BCUT2D eigenvalue weighted by atomic mass is 16.3. The highest BCUT2D eigenvalue weighted by molar-refractivity contribution is 5.39. The molecule has 2 aromatic rings. The van der Waals surface area contributed by atoms with Crippen LogP contribution in [0.5, 0.6) is 0 Å². The van der Waals surface area contributed by atoms with Crippen LogP contribution in [0.1, 0.15) is 25.7 Å². The van der Waals surface area contributed by atoms with Gasteiger partial charge in [-0.2, -0.15) is 15.0 Å². The lowest BCUT2D eigenvalue weighted by Crippen LogP contribution is -2.39.